The molecule has 0 unspecified atom stereocenters. The maximum atomic E-state index is 13.7. The first-order valence-electron chi connectivity index (χ1n) is 9.83. The molecule has 4 aliphatic rings. The molecule has 5 rings (SSSR count). The van der Waals surface area contributed by atoms with Crippen molar-refractivity contribution in [2.45, 2.75) is 57.0 Å². The normalized spacial score (nSPS) is 32.2. The van der Waals surface area contributed by atoms with Gasteiger partial charge in [0.25, 0.3) is 0 Å². The second-order valence-electron chi connectivity index (χ2n) is 9.02. The SMILES string of the molecule is C[C@@H](C(=O)NC12CC3CC(CC(C3)C1)C2)N(c1ccc(F)c(F)c1)S(C)(=O)=O. The molecule has 0 heterocycles. The monoisotopic (exact) mass is 412 g/mol. The Bertz CT molecular complexity index is 867. The highest BCUT2D eigenvalue weighted by Crippen LogP contribution is 2.55. The first-order valence-corrected chi connectivity index (χ1v) is 11.7. The fraction of sp³-hybridized carbons (Fsp3) is 0.650. The lowest BCUT2D eigenvalue weighted by atomic mass is 9.53. The predicted octanol–water partition coefficient (Wildman–Crippen LogP) is 3.20. The number of hydrogen-bond donors (Lipinski definition) is 1. The summed E-state index contributed by atoms with van der Waals surface area (Å²) in [5.41, 5.74) is -0.313. The van der Waals surface area contributed by atoms with Crippen LogP contribution in [0.25, 0.3) is 0 Å². The first-order chi connectivity index (χ1) is 13.1. The van der Waals surface area contributed by atoms with Gasteiger partial charge in [0.05, 0.1) is 11.9 Å². The molecule has 0 aromatic heterocycles. The van der Waals surface area contributed by atoms with Gasteiger partial charge in [-0.25, -0.2) is 17.2 Å². The minimum atomic E-state index is -3.87. The van der Waals surface area contributed by atoms with Crippen molar-refractivity contribution in [2.75, 3.05) is 10.6 Å². The molecule has 1 aromatic rings. The molecule has 154 valence electrons. The van der Waals surface area contributed by atoms with Crippen molar-refractivity contribution in [1.29, 1.82) is 0 Å². The number of sulfonamides is 1. The van der Waals surface area contributed by atoms with Crippen LogP contribution in [-0.2, 0) is 14.8 Å². The van der Waals surface area contributed by atoms with Gasteiger partial charge < -0.3 is 5.32 Å². The number of anilines is 1. The van der Waals surface area contributed by atoms with Crippen LogP contribution in [0.15, 0.2) is 18.2 Å². The Hall–Kier alpha value is -1.70. The molecule has 0 radical (unpaired) electrons. The topological polar surface area (TPSA) is 66.5 Å². The van der Waals surface area contributed by atoms with Crippen LogP contribution in [0.5, 0.6) is 0 Å². The molecule has 1 aromatic carbocycles. The van der Waals surface area contributed by atoms with Crippen LogP contribution in [0.3, 0.4) is 0 Å². The lowest BCUT2D eigenvalue weighted by Crippen LogP contribution is -2.62. The van der Waals surface area contributed by atoms with Crippen molar-refractivity contribution in [3.05, 3.63) is 29.8 Å². The Morgan fingerprint density at radius 2 is 1.64 bits per heavy atom. The van der Waals surface area contributed by atoms with Crippen LogP contribution in [0, 0.1) is 29.4 Å². The average molecular weight is 413 g/mol. The number of rotatable bonds is 5. The van der Waals surface area contributed by atoms with E-state index in [0.29, 0.717) is 17.8 Å². The summed E-state index contributed by atoms with van der Waals surface area (Å²) in [6.45, 7) is 1.48. The van der Waals surface area contributed by atoms with Crippen LogP contribution in [0.2, 0.25) is 0 Å². The van der Waals surface area contributed by atoms with Crippen LogP contribution < -0.4 is 9.62 Å². The molecular weight excluding hydrogens is 386 g/mol. The summed E-state index contributed by atoms with van der Waals surface area (Å²) < 4.78 is 52.6. The molecule has 4 bridgehead atoms. The Morgan fingerprint density at radius 1 is 1.11 bits per heavy atom. The Labute approximate surface area is 164 Å². The number of carbonyl (C=O) groups is 1. The molecule has 0 aliphatic heterocycles. The molecule has 1 amide bonds. The Balaban J connectivity index is 1.58. The number of hydrogen-bond acceptors (Lipinski definition) is 3. The van der Waals surface area contributed by atoms with Crippen LogP contribution in [0.1, 0.15) is 45.4 Å². The van der Waals surface area contributed by atoms with Crippen molar-refractivity contribution < 1.29 is 22.0 Å². The highest BCUT2D eigenvalue weighted by molar-refractivity contribution is 7.92. The molecule has 1 atom stereocenters. The largest absolute Gasteiger partial charge is 0.349 e. The fourth-order valence-corrected chi connectivity index (χ4v) is 7.23. The first kappa shape index (κ1) is 19.6. The van der Waals surface area contributed by atoms with Crippen LogP contribution in [0.4, 0.5) is 14.5 Å². The van der Waals surface area contributed by atoms with Gasteiger partial charge >= 0.3 is 0 Å². The van der Waals surface area contributed by atoms with E-state index in [0.717, 1.165) is 42.0 Å². The molecule has 4 saturated carbocycles. The third-order valence-electron chi connectivity index (χ3n) is 6.67. The number of nitrogens with zero attached hydrogens (tertiary/aromatic N) is 1. The quantitative estimate of drug-likeness (QED) is 0.808. The number of benzene rings is 1. The zero-order chi connectivity index (χ0) is 20.3. The molecule has 0 spiro atoms. The highest BCUT2D eigenvalue weighted by Gasteiger charge is 2.52. The summed E-state index contributed by atoms with van der Waals surface area (Å²) in [6.07, 6.45) is 7.49. The molecule has 1 N–H and O–H groups in total. The molecule has 4 fully saturated rings. The van der Waals surface area contributed by atoms with Crippen molar-refractivity contribution in [1.82, 2.24) is 5.32 Å². The number of carbonyl (C=O) groups excluding carboxylic acids is 1. The zero-order valence-corrected chi connectivity index (χ0v) is 16.9. The van der Waals surface area contributed by atoms with Crippen LogP contribution >= 0.6 is 0 Å². The maximum Gasteiger partial charge on any atom is 0.244 e. The maximum absolute atomic E-state index is 13.7. The van der Waals surface area contributed by atoms with Gasteiger partial charge in [0.2, 0.25) is 15.9 Å². The van der Waals surface area contributed by atoms with Gasteiger partial charge in [0.1, 0.15) is 6.04 Å². The minimum Gasteiger partial charge on any atom is -0.349 e. The number of nitrogens with one attached hydrogen (secondary N) is 1. The Kier molecular flexibility index (Phi) is 4.68. The number of amides is 1. The van der Waals surface area contributed by atoms with E-state index < -0.39 is 33.6 Å². The van der Waals surface area contributed by atoms with Gasteiger partial charge in [-0.1, -0.05) is 0 Å². The van der Waals surface area contributed by atoms with E-state index in [1.54, 1.807) is 0 Å². The third-order valence-corrected chi connectivity index (χ3v) is 7.91. The van der Waals surface area contributed by atoms with E-state index in [9.17, 15) is 22.0 Å². The second-order valence-corrected chi connectivity index (χ2v) is 10.9. The fourth-order valence-electron chi connectivity index (χ4n) is 6.06. The molecular formula is C20H26F2N2O3S. The smallest absolute Gasteiger partial charge is 0.244 e. The minimum absolute atomic E-state index is 0.0606. The third kappa shape index (κ3) is 3.51. The van der Waals surface area contributed by atoms with E-state index in [4.69, 9.17) is 0 Å². The van der Waals surface area contributed by atoms with Crippen molar-refractivity contribution in [3.63, 3.8) is 0 Å². The molecule has 4 aliphatic carbocycles. The van der Waals surface area contributed by atoms with E-state index in [1.807, 2.05) is 0 Å². The summed E-state index contributed by atoms with van der Waals surface area (Å²) in [6, 6.07) is 1.79. The summed E-state index contributed by atoms with van der Waals surface area (Å²) in [5, 5.41) is 3.16. The lowest BCUT2D eigenvalue weighted by Gasteiger charge is -2.57. The van der Waals surface area contributed by atoms with Crippen LogP contribution in [-0.4, -0.2) is 32.2 Å². The van der Waals surface area contributed by atoms with Gasteiger partial charge in [0, 0.05) is 11.6 Å². The van der Waals surface area contributed by atoms with Gasteiger partial charge in [0.15, 0.2) is 11.6 Å². The predicted molar refractivity (Wildman–Crippen MR) is 102 cm³/mol. The van der Waals surface area contributed by atoms with Crippen molar-refractivity contribution in [2.24, 2.45) is 17.8 Å². The molecule has 28 heavy (non-hydrogen) atoms. The molecule has 8 heteroatoms. The van der Waals surface area contributed by atoms with Gasteiger partial charge in [-0.05, 0) is 75.3 Å². The van der Waals surface area contributed by atoms with Gasteiger partial charge in [-0.15, -0.1) is 0 Å². The zero-order valence-electron chi connectivity index (χ0n) is 16.1. The average Bonchev–Trinajstić information content (AvgIpc) is 2.55. The number of halogens is 2. The molecule has 0 saturated heterocycles. The van der Waals surface area contributed by atoms with Crippen molar-refractivity contribution >= 4 is 21.6 Å². The molecule has 5 nitrogen and oxygen atoms in total. The van der Waals surface area contributed by atoms with Crippen molar-refractivity contribution in [3.8, 4) is 0 Å². The summed E-state index contributed by atoms with van der Waals surface area (Å²) in [7, 11) is -3.87. The highest BCUT2D eigenvalue weighted by atomic mass is 32.2. The van der Waals surface area contributed by atoms with E-state index >= 15 is 0 Å². The van der Waals surface area contributed by atoms with E-state index in [-0.39, 0.29) is 11.2 Å². The summed E-state index contributed by atoms with van der Waals surface area (Å²) in [4.78, 5) is 13.1. The summed E-state index contributed by atoms with van der Waals surface area (Å²) >= 11 is 0. The van der Waals surface area contributed by atoms with Gasteiger partial charge in [-0.2, -0.15) is 0 Å². The second kappa shape index (κ2) is 6.68. The van der Waals surface area contributed by atoms with E-state index in [1.165, 1.54) is 32.3 Å². The lowest BCUT2D eigenvalue weighted by molar-refractivity contribution is -0.127. The Morgan fingerprint density at radius 3 is 2.11 bits per heavy atom. The van der Waals surface area contributed by atoms with E-state index in [2.05, 4.69) is 5.32 Å². The summed E-state index contributed by atoms with van der Waals surface area (Å²) in [5.74, 6) is -0.697. The standard InChI is InChI=1S/C20H26F2N2O3S/c1-12(24(28(2,26)27)16-3-4-17(21)18(22)8-16)19(25)23-20-9-13-5-14(10-20)7-15(6-13)11-20/h3-4,8,12-15H,5-7,9-11H2,1-2H3,(H,23,25)/t12-,13?,14?,15?,20?/m0/s1. The van der Waals surface area contributed by atoms with Gasteiger partial charge in [-0.3, -0.25) is 9.10 Å².